The fourth-order valence-electron chi connectivity index (χ4n) is 4.15. The fraction of sp³-hybridized carbons (Fsp3) is 0.417. The van der Waals surface area contributed by atoms with Crippen molar-refractivity contribution < 1.29 is 14.3 Å². The van der Waals surface area contributed by atoms with Crippen molar-refractivity contribution in [3.8, 4) is 5.75 Å². The number of benzene rings is 2. The van der Waals surface area contributed by atoms with Crippen molar-refractivity contribution in [1.82, 2.24) is 10.2 Å². The summed E-state index contributed by atoms with van der Waals surface area (Å²) in [7, 11) is 0. The van der Waals surface area contributed by atoms with Crippen molar-refractivity contribution in [1.29, 1.82) is 0 Å². The van der Waals surface area contributed by atoms with Crippen LogP contribution in [0.25, 0.3) is 0 Å². The fourth-order valence-corrected chi connectivity index (χ4v) is 4.34. The lowest BCUT2D eigenvalue weighted by molar-refractivity contribution is -0.124. The predicted molar refractivity (Wildman–Crippen MR) is 117 cm³/mol. The lowest BCUT2D eigenvalue weighted by Gasteiger charge is -2.33. The van der Waals surface area contributed by atoms with Crippen molar-refractivity contribution in [2.24, 2.45) is 0 Å². The first-order valence-electron chi connectivity index (χ1n) is 10.6. The SMILES string of the molecule is CCOc1ccc(C(=O)N2CCC(NC(=O)C3(c4cccc(Cl)c4)CC3)CC2)cc1. The third kappa shape index (κ3) is 4.31. The highest BCUT2D eigenvalue weighted by Crippen LogP contribution is 2.49. The van der Waals surface area contributed by atoms with Crippen LogP contribution in [0.15, 0.2) is 48.5 Å². The Hall–Kier alpha value is -2.53. The highest BCUT2D eigenvalue weighted by Gasteiger charge is 2.51. The van der Waals surface area contributed by atoms with Gasteiger partial charge in [0.25, 0.3) is 5.91 Å². The van der Waals surface area contributed by atoms with E-state index in [-0.39, 0.29) is 17.9 Å². The normalized spacial score (nSPS) is 18.0. The predicted octanol–water partition coefficient (Wildman–Crippen LogP) is 4.19. The van der Waals surface area contributed by atoms with Crippen molar-refractivity contribution >= 4 is 23.4 Å². The van der Waals surface area contributed by atoms with E-state index in [2.05, 4.69) is 5.32 Å². The molecule has 2 amide bonds. The summed E-state index contributed by atoms with van der Waals surface area (Å²) in [5.41, 5.74) is 1.23. The molecule has 30 heavy (non-hydrogen) atoms. The molecule has 2 aromatic carbocycles. The second-order valence-corrected chi connectivity index (χ2v) is 8.53. The molecule has 2 aromatic rings. The van der Waals surface area contributed by atoms with Gasteiger partial charge in [0, 0.05) is 29.7 Å². The lowest BCUT2D eigenvalue weighted by Crippen LogP contribution is -2.48. The number of likely N-dealkylation sites (tertiary alicyclic amines) is 1. The summed E-state index contributed by atoms with van der Waals surface area (Å²) >= 11 is 6.12. The smallest absolute Gasteiger partial charge is 0.253 e. The van der Waals surface area contributed by atoms with Crippen LogP contribution < -0.4 is 10.1 Å². The van der Waals surface area contributed by atoms with E-state index in [1.54, 1.807) is 0 Å². The average Bonchev–Trinajstić information content (AvgIpc) is 3.57. The van der Waals surface area contributed by atoms with Gasteiger partial charge in [-0.25, -0.2) is 0 Å². The number of halogens is 1. The molecule has 0 unspecified atom stereocenters. The minimum absolute atomic E-state index is 0.0282. The molecule has 5 nitrogen and oxygen atoms in total. The van der Waals surface area contributed by atoms with E-state index in [1.165, 1.54) is 0 Å². The maximum absolute atomic E-state index is 13.0. The van der Waals surface area contributed by atoms with Gasteiger partial charge in [-0.05, 0) is 74.6 Å². The van der Waals surface area contributed by atoms with E-state index in [0.717, 1.165) is 37.0 Å². The second kappa shape index (κ2) is 8.68. The molecule has 1 heterocycles. The molecule has 4 rings (SSSR count). The number of carbonyl (C=O) groups excluding carboxylic acids is 2. The van der Waals surface area contributed by atoms with Crippen LogP contribution in [0.3, 0.4) is 0 Å². The molecule has 1 N–H and O–H groups in total. The summed E-state index contributed by atoms with van der Waals surface area (Å²) in [5, 5.41) is 3.88. The molecular weight excluding hydrogens is 400 g/mol. The summed E-state index contributed by atoms with van der Waals surface area (Å²) in [6, 6.07) is 15.0. The highest BCUT2D eigenvalue weighted by atomic mass is 35.5. The number of piperidine rings is 1. The Balaban J connectivity index is 1.31. The van der Waals surface area contributed by atoms with Crippen LogP contribution in [0.1, 0.15) is 48.5 Å². The maximum atomic E-state index is 13.0. The number of hydrogen-bond donors (Lipinski definition) is 1. The summed E-state index contributed by atoms with van der Waals surface area (Å²) in [4.78, 5) is 27.6. The van der Waals surface area contributed by atoms with Gasteiger partial charge in [0.1, 0.15) is 5.75 Å². The molecule has 1 saturated heterocycles. The van der Waals surface area contributed by atoms with Gasteiger partial charge >= 0.3 is 0 Å². The van der Waals surface area contributed by atoms with E-state index in [9.17, 15) is 9.59 Å². The molecule has 1 saturated carbocycles. The van der Waals surface area contributed by atoms with Crippen LogP contribution in [0, 0.1) is 0 Å². The third-order valence-electron chi connectivity index (χ3n) is 6.09. The number of rotatable bonds is 6. The topological polar surface area (TPSA) is 58.6 Å². The first-order chi connectivity index (χ1) is 14.5. The molecular formula is C24H27ClN2O3. The van der Waals surface area contributed by atoms with Crippen LogP contribution in [0.4, 0.5) is 0 Å². The number of hydrogen-bond acceptors (Lipinski definition) is 3. The number of nitrogens with zero attached hydrogens (tertiary/aromatic N) is 1. The first kappa shape index (κ1) is 20.7. The number of carbonyl (C=O) groups is 2. The van der Waals surface area contributed by atoms with Gasteiger partial charge in [-0.1, -0.05) is 23.7 Å². The van der Waals surface area contributed by atoms with Crippen LogP contribution in [-0.4, -0.2) is 42.5 Å². The van der Waals surface area contributed by atoms with Crippen LogP contribution >= 0.6 is 11.6 Å². The Bertz CT molecular complexity index is 916. The van der Waals surface area contributed by atoms with Crippen LogP contribution in [0.2, 0.25) is 5.02 Å². The second-order valence-electron chi connectivity index (χ2n) is 8.09. The van der Waals surface area contributed by atoms with E-state index >= 15 is 0 Å². The summed E-state index contributed by atoms with van der Waals surface area (Å²) in [6.45, 7) is 3.81. The largest absolute Gasteiger partial charge is 0.494 e. The van der Waals surface area contributed by atoms with Gasteiger partial charge in [-0.15, -0.1) is 0 Å². The van der Waals surface area contributed by atoms with Gasteiger partial charge in [0.05, 0.1) is 12.0 Å². The molecule has 1 aliphatic heterocycles. The van der Waals surface area contributed by atoms with Crippen molar-refractivity contribution in [2.75, 3.05) is 19.7 Å². The lowest BCUT2D eigenvalue weighted by atomic mass is 9.93. The van der Waals surface area contributed by atoms with Gasteiger partial charge in [0.2, 0.25) is 5.91 Å². The molecule has 158 valence electrons. The van der Waals surface area contributed by atoms with E-state index in [1.807, 2.05) is 60.4 Å². The van der Waals surface area contributed by atoms with Gasteiger partial charge < -0.3 is 15.0 Å². The molecule has 6 heteroatoms. The Morgan fingerprint density at radius 1 is 1.13 bits per heavy atom. The quantitative estimate of drug-likeness (QED) is 0.753. The van der Waals surface area contributed by atoms with Gasteiger partial charge in [-0.3, -0.25) is 9.59 Å². The first-order valence-corrected chi connectivity index (χ1v) is 11.0. The molecule has 1 aliphatic carbocycles. The Kier molecular flexibility index (Phi) is 6.00. The number of nitrogens with one attached hydrogen (secondary N) is 1. The zero-order valence-corrected chi connectivity index (χ0v) is 18.0. The number of ether oxygens (including phenoxy) is 1. The molecule has 0 atom stereocenters. The zero-order chi connectivity index (χ0) is 21.1. The van der Waals surface area contributed by atoms with E-state index < -0.39 is 5.41 Å². The molecule has 0 aromatic heterocycles. The highest BCUT2D eigenvalue weighted by molar-refractivity contribution is 6.30. The molecule has 0 spiro atoms. The Morgan fingerprint density at radius 3 is 2.43 bits per heavy atom. The number of amides is 2. The minimum atomic E-state index is -0.430. The molecule has 0 bridgehead atoms. The van der Waals surface area contributed by atoms with Crippen LogP contribution in [-0.2, 0) is 10.2 Å². The summed E-state index contributed by atoms with van der Waals surface area (Å²) in [5.74, 6) is 0.880. The molecule has 2 fully saturated rings. The van der Waals surface area contributed by atoms with Crippen LogP contribution in [0.5, 0.6) is 5.75 Å². The van der Waals surface area contributed by atoms with Crippen molar-refractivity contribution in [3.05, 3.63) is 64.7 Å². The minimum Gasteiger partial charge on any atom is -0.494 e. The average molecular weight is 427 g/mol. The van der Waals surface area contributed by atoms with E-state index in [4.69, 9.17) is 16.3 Å². The summed E-state index contributed by atoms with van der Waals surface area (Å²) in [6.07, 6.45) is 3.24. The van der Waals surface area contributed by atoms with Gasteiger partial charge in [0.15, 0.2) is 0 Å². The van der Waals surface area contributed by atoms with E-state index in [0.29, 0.717) is 30.3 Å². The monoisotopic (exact) mass is 426 g/mol. The zero-order valence-electron chi connectivity index (χ0n) is 17.2. The maximum Gasteiger partial charge on any atom is 0.253 e. The van der Waals surface area contributed by atoms with Crippen molar-refractivity contribution in [2.45, 2.75) is 44.1 Å². The molecule has 0 radical (unpaired) electrons. The standard InChI is InChI=1S/C24H27ClN2O3/c1-2-30-21-8-6-17(7-9-21)22(28)27-14-10-20(11-15-27)26-23(29)24(12-13-24)18-4-3-5-19(25)16-18/h3-9,16,20H,2,10-15H2,1H3,(H,26,29). The molecule has 2 aliphatic rings. The van der Waals surface area contributed by atoms with Gasteiger partial charge in [-0.2, -0.15) is 0 Å². The Labute approximate surface area is 182 Å². The Morgan fingerprint density at radius 2 is 1.83 bits per heavy atom. The summed E-state index contributed by atoms with van der Waals surface area (Å²) < 4.78 is 5.44. The third-order valence-corrected chi connectivity index (χ3v) is 6.33. The van der Waals surface area contributed by atoms with Crippen molar-refractivity contribution in [3.63, 3.8) is 0 Å².